The molecule has 7 rings (SSSR count). The second-order valence-electron chi connectivity index (χ2n) is 11.8. The maximum Gasteiger partial charge on any atom is 0.142 e. The summed E-state index contributed by atoms with van der Waals surface area (Å²) in [5, 5.41) is 14.5. The molecule has 0 saturated carbocycles. The number of fused-ring (bicyclic) bond motifs is 2. The minimum atomic E-state index is -0.241. The lowest BCUT2D eigenvalue weighted by molar-refractivity contribution is 0.206. The van der Waals surface area contributed by atoms with E-state index in [2.05, 4.69) is 52.5 Å². The largest absolute Gasteiger partial charge is 0.488 e. The fraction of sp³-hybridized carbons (Fsp3) is 0.179. The summed E-state index contributed by atoms with van der Waals surface area (Å²) in [6.07, 6.45) is 4.48. The predicted octanol–water partition coefficient (Wildman–Crippen LogP) is 9.14. The molecule has 47 heavy (non-hydrogen) atoms. The first-order valence-corrected chi connectivity index (χ1v) is 15.9. The molecular weight excluding hydrogens is 611 g/mol. The summed E-state index contributed by atoms with van der Waals surface area (Å²) in [5.74, 6) is 0.890. The van der Waals surface area contributed by atoms with Gasteiger partial charge >= 0.3 is 0 Å². The van der Waals surface area contributed by atoms with Crippen LogP contribution in [-0.2, 0) is 26.1 Å². The number of aryl methyl sites for hydroxylation is 1. The Labute approximate surface area is 277 Å². The van der Waals surface area contributed by atoms with E-state index in [0.717, 1.165) is 51.9 Å². The fourth-order valence-electron chi connectivity index (χ4n) is 6.33. The molecule has 0 radical (unpaired) electrons. The summed E-state index contributed by atoms with van der Waals surface area (Å²) in [6, 6.07) is 29.0. The highest BCUT2D eigenvalue weighted by Gasteiger charge is 2.28. The van der Waals surface area contributed by atoms with E-state index in [1.165, 1.54) is 23.2 Å². The molecule has 6 nitrogen and oxygen atoms in total. The van der Waals surface area contributed by atoms with Gasteiger partial charge in [-0.15, -0.1) is 0 Å². The first-order valence-electron chi connectivity index (χ1n) is 15.6. The molecule has 2 aromatic heterocycles. The maximum absolute atomic E-state index is 14.7. The SMILES string of the molecule is Cc1cc2cc(CNCc3cc(Cl)c(O[C@H]4CCc5c(-c6ccccc6F)cccc54)cc3OCc3cncc(C#N)c3)ccc2[nH]1. The number of ether oxygens (including phenoxy) is 2. The van der Waals surface area contributed by atoms with Gasteiger partial charge in [-0.2, -0.15) is 5.26 Å². The lowest BCUT2D eigenvalue weighted by Gasteiger charge is -2.20. The lowest BCUT2D eigenvalue weighted by atomic mass is 9.96. The topological polar surface area (TPSA) is 83.0 Å². The van der Waals surface area contributed by atoms with Crippen molar-refractivity contribution in [3.63, 3.8) is 0 Å². The Morgan fingerprint density at radius 2 is 1.83 bits per heavy atom. The van der Waals surface area contributed by atoms with E-state index in [1.54, 1.807) is 18.3 Å². The first-order chi connectivity index (χ1) is 22.9. The van der Waals surface area contributed by atoms with Gasteiger partial charge in [0.05, 0.1) is 10.6 Å². The number of benzene rings is 4. The van der Waals surface area contributed by atoms with Crippen molar-refractivity contribution in [3.05, 3.63) is 147 Å². The van der Waals surface area contributed by atoms with Gasteiger partial charge in [-0.3, -0.25) is 4.98 Å². The summed E-state index contributed by atoms with van der Waals surface area (Å²) in [6.45, 7) is 3.44. The molecule has 1 aliphatic carbocycles. The van der Waals surface area contributed by atoms with Crippen LogP contribution < -0.4 is 14.8 Å². The summed E-state index contributed by atoms with van der Waals surface area (Å²) < 4.78 is 27.6. The fourth-order valence-corrected chi connectivity index (χ4v) is 6.56. The Morgan fingerprint density at radius 1 is 0.957 bits per heavy atom. The molecule has 0 saturated heterocycles. The molecule has 0 bridgehead atoms. The number of nitrogens with zero attached hydrogens (tertiary/aromatic N) is 2. The zero-order chi connectivity index (χ0) is 32.3. The standard InChI is InChI=1S/C39H32ClFN4O2/c1-24-13-28-15-25(9-11-36(28)45-24)19-44-22-29-16-34(40)39(17-38(29)46-23-27-14-26(18-42)20-43-21-27)47-37-12-10-31-30(6-4-7-33(31)37)32-5-2-3-8-35(32)41/h2-9,11,13-17,20-21,37,44-45H,10,12,19,22-23H2,1H3/t37-/m0/s1. The van der Waals surface area contributed by atoms with Crippen LogP contribution in [0.2, 0.25) is 5.02 Å². The Hall–Kier alpha value is -5.16. The highest BCUT2D eigenvalue weighted by atomic mass is 35.5. The number of hydrogen-bond donors (Lipinski definition) is 2. The summed E-state index contributed by atoms with van der Waals surface area (Å²) >= 11 is 6.87. The number of aromatic amines is 1. The third kappa shape index (κ3) is 6.57. The summed E-state index contributed by atoms with van der Waals surface area (Å²) in [4.78, 5) is 7.53. The first kappa shape index (κ1) is 30.5. The van der Waals surface area contributed by atoms with Crippen LogP contribution in [0.5, 0.6) is 11.5 Å². The zero-order valence-electron chi connectivity index (χ0n) is 25.8. The molecule has 6 aromatic rings. The molecular formula is C39H32ClFN4O2. The van der Waals surface area contributed by atoms with Gasteiger partial charge < -0.3 is 19.8 Å². The van der Waals surface area contributed by atoms with Gasteiger partial charge in [0.1, 0.15) is 36.1 Å². The molecule has 1 atom stereocenters. The average molecular weight is 643 g/mol. The molecule has 1 aliphatic rings. The molecule has 0 spiro atoms. The third-order valence-corrected chi connectivity index (χ3v) is 8.84. The smallest absolute Gasteiger partial charge is 0.142 e. The van der Waals surface area contributed by atoms with Crippen molar-refractivity contribution in [1.29, 1.82) is 5.26 Å². The van der Waals surface area contributed by atoms with Crippen LogP contribution in [0.3, 0.4) is 0 Å². The van der Waals surface area contributed by atoms with E-state index in [0.29, 0.717) is 40.7 Å². The maximum atomic E-state index is 14.7. The van der Waals surface area contributed by atoms with Gasteiger partial charge in [-0.05, 0) is 83.8 Å². The van der Waals surface area contributed by atoms with Gasteiger partial charge in [0.15, 0.2) is 0 Å². The highest BCUT2D eigenvalue weighted by molar-refractivity contribution is 6.32. The lowest BCUT2D eigenvalue weighted by Crippen LogP contribution is -2.14. The van der Waals surface area contributed by atoms with Gasteiger partial charge in [0.2, 0.25) is 0 Å². The minimum Gasteiger partial charge on any atom is -0.488 e. The molecule has 2 heterocycles. The molecule has 0 fully saturated rings. The number of H-pyrrole nitrogens is 1. The van der Waals surface area contributed by atoms with Crippen LogP contribution in [-0.4, -0.2) is 9.97 Å². The minimum absolute atomic E-state index is 0.221. The van der Waals surface area contributed by atoms with E-state index in [9.17, 15) is 9.65 Å². The Balaban J connectivity index is 1.14. The monoisotopic (exact) mass is 642 g/mol. The number of nitriles is 1. The number of halogens is 2. The van der Waals surface area contributed by atoms with E-state index in [1.807, 2.05) is 42.5 Å². The molecule has 0 aliphatic heterocycles. The Kier molecular flexibility index (Phi) is 8.62. The molecule has 4 aromatic carbocycles. The summed E-state index contributed by atoms with van der Waals surface area (Å²) in [7, 11) is 0. The Bertz CT molecular complexity index is 2140. The number of nitrogens with one attached hydrogen (secondary N) is 2. The van der Waals surface area contributed by atoms with Gasteiger partial charge in [-0.1, -0.05) is 54.1 Å². The van der Waals surface area contributed by atoms with Crippen LogP contribution in [0.4, 0.5) is 4.39 Å². The molecule has 0 amide bonds. The van der Waals surface area contributed by atoms with Crippen molar-refractivity contribution in [2.45, 2.75) is 45.6 Å². The molecule has 234 valence electrons. The van der Waals surface area contributed by atoms with Crippen molar-refractivity contribution in [3.8, 4) is 28.7 Å². The van der Waals surface area contributed by atoms with Crippen molar-refractivity contribution >= 4 is 22.5 Å². The normalized spacial score (nSPS) is 13.8. The van der Waals surface area contributed by atoms with Crippen LogP contribution in [0.25, 0.3) is 22.0 Å². The zero-order valence-corrected chi connectivity index (χ0v) is 26.6. The van der Waals surface area contributed by atoms with Gasteiger partial charge in [0.25, 0.3) is 0 Å². The number of pyridine rings is 1. The highest BCUT2D eigenvalue weighted by Crippen LogP contribution is 2.43. The van der Waals surface area contributed by atoms with Crippen LogP contribution in [0.15, 0.2) is 97.3 Å². The molecule has 0 unspecified atom stereocenters. The van der Waals surface area contributed by atoms with E-state index in [-0.39, 0.29) is 18.5 Å². The molecule has 2 N–H and O–H groups in total. The van der Waals surface area contributed by atoms with Crippen LogP contribution >= 0.6 is 11.6 Å². The van der Waals surface area contributed by atoms with Gasteiger partial charge in [0, 0.05) is 59.5 Å². The quantitative estimate of drug-likeness (QED) is 0.156. The van der Waals surface area contributed by atoms with E-state index >= 15 is 0 Å². The number of rotatable bonds is 10. The van der Waals surface area contributed by atoms with Crippen molar-refractivity contribution in [1.82, 2.24) is 15.3 Å². The molecule has 8 heteroatoms. The van der Waals surface area contributed by atoms with Crippen LogP contribution in [0, 0.1) is 24.1 Å². The number of aromatic nitrogens is 2. The van der Waals surface area contributed by atoms with Gasteiger partial charge in [-0.25, -0.2) is 4.39 Å². The third-order valence-electron chi connectivity index (χ3n) is 8.55. The van der Waals surface area contributed by atoms with Crippen molar-refractivity contribution in [2.75, 3.05) is 0 Å². The van der Waals surface area contributed by atoms with Crippen molar-refractivity contribution < 1.29 is 13.9 Å². The van der Waals surface area contributed by atoms with E-state index in [4.69, 9.17) is 21.1 Å². The second-order valence-corrected chi connectivity index (χ2v) is 12.3. The van der Waals surface area contributed by atoms with E-state index < -0.39 is 0 Å². The predicted molar refractivity (Wildman–Crippen MR) is 182 cm³/mol. The summed E-state index contributed by atoms with van der Waals surface area (Å²) in [5.41, 5.74) is 9.14. The van der Waals surface area contributed by atoms with Crippen molar-refractivity contribution in [2.24, 2.45) is 0 Å². The second kappa shape index (κ2) is 13.3. The Morgan fingerprint density at radius 3 is 2.70 bits per heavy atom. The average Bonchev–Trinajstić information content (AvgIpc) is 3.67. The number of hydrogen-bond acceptors (Lipinski definition) is 5. The van der Waals surface area contributed by atoms with Crippen LogP contribution in [0.1, 0.15) is 51.6 Å².